The summed E-state index contributed by atoms with van der Waals surface area (Å²) in [7, 11) is 0. The highest BCUT2D eigenvalue weighted by molar-refractivity contribution is 5.20. The molecule has 1 atom stereocenters. The number of nitrogens with zero attached hydrogens (tertiary/aromatic N) is 2. The average Bonchev–Trinajstić information content (AvgIpc) is 3.11. The Hall–Kier alpha value is -0.840. The van der Waals surface area contributed by atoms with Gasteiger partial charge in [0.2, 0.25) is 0 Å². The van der Waals surface area contributed by atoms with Crippen LogP contribution in [0.5, 0.6) is 0 Å². The standard InChI is InChI=1S/C15H25N3O/c1-12-13(8-15(9-16)19-12)10-17-7-4-14(11-17)18-5-2-3-6-18/h8,14H,2-7,9-11,16H2,1H3. The van der Waals surface area contributed by atoms with E-state index in [1.54, 1.807) is 0 Å². The normalized spacial score (nSPS) is 25.5. The van der Waals surface area contributed by atoms with Gasteiger partial charge in [-0.2, -0.15) is 0 Å². The fraction of sp³-hybridized carbons (Fsp3) is 0.733. The molecule has 106 valence electrons. The minimum atomic E-state index is 0.497. The molecule has 4 heteroatoms. The van der Waals surface area contributed by atoms with Crippen LogP contribution in [0.1, 0.15) is 36.3 Å². The van der Waals surface area contributed by atoms with Gasteiger partial charge >= 0.3 is 0 Å². The third-order valence-corrected chi connectivity index (χ3v) is 4.57. The Labute approximate surface area is 115 Å². The number of nitrogens with two attached hydrogens (primary N) is 1. The van der Waals surface area contributed by atoms with Crippen molar-refractivity contribution in [2.45, 2.75) is 45.3 Å². The Morgan fingerprint density at radius 3 is 2.79 bits per heavy atom. The van der Waals surface area contributed by atoms with Crippen molar-refractivity contribution < 1.29 is 4.42 Å². The van der Waals surface area contributed by atoms with E-state index in [2.05, 4.69) is 15.9 Å². The molecule has 0 amide bonds. The first-order chi connectivity index (χ1) is 9.26. The van der Waals surface area contributed by atoms with Crippen molar-refractivity contribution in [2.75, 3.05) is 26.2 Å². The second kappa shape index (κ2) is 5.65. The van der Waals surface area contributed by atoms with Gasteiger partial charge in [0.25, 0.3) is 0 Å². The summed E-state index contributed by atoms with van der Waals surface area (Å²) in [4.78, 5) is 5.23. The quantitative estimate of drug-likeness (QED) is 0.898. The fourth-order valence-corrected chi connectivity index (χ4v) is 3.45. The van der Waals surface area contributed by atoms with E-state index in [1.165, 1.54) is 51.0 Å². The maximum atomic E-state index is 5.64. The predicted molar refractivity (Wildman–Crippen MR) is 75.8 cm³/mol. The van der Waals surface area contributed by atoms with Crippen LogP contribution in [0.25, 0.3) is 0 Å². The third-order valence-electron chi connectivity index (χ3n) is 4.57. The zero-order valence-electron chi connectivity index (χ0n) is 11.9. The van der Waals surface area contributed by atoms with Gasteiger partial charge in [0, 0.05) is 31.2 Å². The van der Waals surface area contributed by atoms with Crippen molar-refractivity contribution in [2.24, 2.45) is 5.73 Å². The molecule has 19 heavy (non-hydrogen) atoms. The van der Waals surface area contributed by atoms with Gasteiger partial charge in [-0.15, -0.1) is 0 Å². The Bertz CT molecular complexity index is 423. The van der Waals surface area contributed by atoms with Crippen LogP contribution in [-0.4, -0.2) is 42.0 Å². The number of likely N-dealkylation sites (tertiary alicyclic amines) is 2. The van der Waals surface area contributed by atoms with Gasteiger partial charge in [-0.25, -0.2) is 0 Å². The number of rotatable bonds is 4. The van der Waals surface area contributed by atoms with Crippen LogP contribution in [-0.2, 0) is 13.1 Å². The summed E-state index contributed by atoms with van der Waals surface area (Å²) >= 11 is 0. The van der Waals surface area contributed by atoms with Crippen molar-refractivity contribution in [3.63, 3.8) is 0 Å². The van der Waals surface area contributed by atoms with Gasteiger partial charge in [0.15, 0.2) is 0 Å². The summed E-state index contributed by atoms with van der Waals surface area (Å²) in [5.74, 6) is 1.94. The van der Waals surface area contributed by atoms with Gasteiger partial charge in [-0.3, -0.25) is 9.80 Å². The lowest BCUT2D eigenvalue weighted by Crippen LogP contribution is -2.35. The van der Waals surface area contributed by atoms with Crippen molar-refractivity contribution in [3.05, 3.63) is 23.2 Å². The van der Waals surface area contributed by atoms with Gasteiger partial charge in [0.05, 0.1) is 6.54 Å². The summed E-state index contributed by atoms with van der Waals surface area (Å²) in [6.07, 6.45) is 4.09. The highest BCUT2D eigenvalue weighted by atomic mass is 16.3. The molecule has 3 heterocycles. The number of furan rings is 1. The lowest BCUT2D eigenvalue weighted by atomic mass is 10.2. The van der Waals surface area contributed by atoms with E-state index in [-0.39, 0.29) is 0 Å². The first-order valence-electron chi connectivity index (χ1n) is 7.51. The molecule has 2 aliphatic rings. The van der Waals surface area contributed by atoms with Crippen LogP contribution in [0.3, 0.4) is 0 Å². The van der Waals surface area contributed by atoms with Crippen LogP contribution >= 0.6 is 0 Å². The van der Waals surface area contributed by atoms with Crippen molar-refractivity contribution in [3.8, 4) is 0 Å². The molecule has 0 saturated carbocycles. The molecule has 1 aromatic heterocycles. The van der Waals surface area contributed by atoms with E-state index in [9.17, 15) is 0 Å². The average molecular weight is 263 g/mol. The van der Waals surface area contributed by atoms with Gasteiger partial charge in [-0.1, -0.05) is 0 Å². The molecular formula is C15H25N3O. The fourth-order valence-electron chi connectivity index (χ4n) is 3.45. The molecular weight excluding hydrogens is 238 g/mol. The second-order valence-electron chi connectivity index (χ2n) is 5.92. The molecule has 0 bridgehead atoms. The summed E-state index contributed by atoms with van der Waals surface area (Å²) in [5.41, 5.74) is 6.94. The summed E-state index contributed by atoms with van der Waals surface area (Å²) in [6, 6.07) is 2.90. The predicted octanol–water partition coefficient (Wildman–Crippen LogP) is 1.72. The summed E-state index contributed by atoms with van der Waals surface area (Å²) in [6.45, 7) is 8.59. The van der Waals surface area contributed by atoms with E-state index in [0.717, 1.165) is 24.1 Å². The van der Waals surface area contributed by atoms with Gasteiger partial charge in [0.1, 0.15) is 11.5 Å². The molecule has 3 rings (SSSR count). The van der Waals surface area contributed by atoms with Crippen LogP contribution in [0.4, 0.5) is 0 Å². The zero-order chi connectivity index (χ0) is 13.2. The molecule has 0 radical (unpaired) electrons. The van der Waals surface area contributed by atoms with E-state index < -0.39 is 0 Å². The Kier molecular flexibility index (Phi) is 3.91. The van der Waals surface area contributed by atoms with E-state index in [0.29, 0.717) is 6.54 Å². The highest BCUT2D eigenvalue weighted by Crippen LogP contribution is 2.23. The molecule has 2 saturated heterocycles. The molecule has 0 aromatic carbocycles. The summed E-state index contributed by atoms with van der Waals surface area (Å²) in [5, 5.41) is 0. The van der Waals surface area contributed by atoms with Crippen molar-refractivity contribution in [1.82, 2.24) is 9.80 Å². The molecule has 2 fully saturated rings. The Morgan fingerprint density at radius 1 is 1.32 bits per heavy atom. The monoisotopic (exact) mass is 263 g/mol. The zero-order valence-corrected chi connectivity index (χ0v) is 11.9. The van der Waals surface area contributed by atoms with Crippen LogP contribution in [0.15, 0.2) is 10.5 Å². The Balaban J connectivity index is 1.57. The molecule has 2 aliphatic heterocycles. The molecule has 4 nitrogen and oxygen atoms in total. The van der Waals surface area contributed by atoms with Gasteiger partial charge < -0.3 is 10.2 Å². The largest absolute Gasteiger partial charge is 0.465 e. The van der Waals surface area contributed by atoms with Crippen molar-refractivity contribution >= 4 is 0 Å². The van der Waals surface area contributed by atoms with E-state index in [1.807, 2.05) is 6.92 Å². The van der Waals surface area contributed by atoms with E-state index >= 15 is 0 Å². The molecule has 1 aromatic rings. The second-order valence-corrected chi connectivity index (χ2v) is 5.92. The third kappa shape index (κ3) is 2.86. The molecule has 2 N–H and O–H groups in total. The Morgan fingerprint density at radius 2 is 2.11 bits per heavy atom. The first kappa shape index (κ1) is 13.2. The lowest BCUT2D eigenvalue weighted by molar-refractivity contribution is 0.229. The maximum Gasteiger partial charge on any atom is 0.118 e. The SMILES string of the molecule is Cc1oc(CN)cc1CN1CCC(N2CCCC2)C1. The number of aryl methyl sites for hydroxylation is 1. The minimum absolute atomic E-state index is 0.497. The highest BCUT2D eigenvalue weighted by Gasteiger charge is 2.29. The van der Waals surface area contributed by atoms with Crippen LogP contribution in [0.2, 0.25) is 0 Å². The lowest BCUT2D eigenvalue weighted by Gasteiger charge is -2.23. The minimum Gasteiger partial charge on any atom is -0.465 e. The van der Waals surface area contributed by atoms with E-state index in [4.69, 9.17) is 10.2 Å². The number of hydrogen-bond donors (Lipinski definition) is 1. The number of hydrogen-bond acceptors (Lipinski definition) is 4. The maximum absolute atomic E-state index is 5.64. The van der Waals surface area contributed by atoms with Gasteiger partial charge in [-0.05, 0) is 45.3 Å². The molecule has 0 spiro atoms. The van der Waals surface area contributed by atoms with Crippen LogP contribution < -0.4 is 5.73 Å². The first-order valence-corrected chi connectivity index (χ1v) is 7.51. The van der Waals surface area contributed by atoms with Crippen molar-refractivity contribution in [1.29, 1.82) is 0 Å². The molecule has 0 aliphatic carbocycles. The summed E-state index contributed by atoms with van der Waals surface area (Å²) < 4.78 is 5.64. The topological polar surface area (TPSA) is 45.6 Å². The smallest absolute Gasteiger partial charge is 0.118 e. The van der Waals surface area contributed by atoms with Crippen LogP contribution in [0, 0.1) is 6.92 Å². The molecule has 1 unspecified atom stereocenters.